The van der Waals surface area contributed by atoms with Gasteiger partial charge in [0.15, 0.2) is 5.82 Å². The molecule has 10 nitrogen and oxygen atoms in total. The third-order valence-corrected chi connectivity index (χ3v) is 4.23. The van der Waals surface area contributed by atoms with Crippen LogP contribution in [0.4, 0.5) is 5.69 Å². The monoisotopic (exact) mass is 408 g/mol. The van der Waals surface area contributed by atoms with Crippen molar-refractivity contribution in [2.75, 3.05) is 6.54 Å². The lowest BCUT2D eigenvalue weighted by molar-refractivity contribution is -0.384. The van der Waals surface area contributed by atoms with Gasteiger partial charge in [-0.1, -0.05) is 0 Å². The van der Waals surface area contributed by atoms with Crippen LogP contribution in [-0.2, 0) is 11.3 Å². The zero-order valence-corrected chi connectivity index (χ0v) is 16.5. The smallest absolute Gasteiger partial charge is 0.269 e. The van der Waals surface area contributed by atoms with E-state index < -0.39 is 4.92 Å². The SMILES string of the molecule is Cc1cc(C)n(-c2ccc(=O)n(CCNC(=O)/C=C/c3ccc([N+](=O)[O-])cc3)n2)n1. The van der Waals surface area contributed by atoms with Gasteiger partial charge in [-0.3, -0.25) is 19.7 Å². The van der Waals surface area contributed by atoms with Gasteiger partial charge in [0.2, 0.25) is 5.91 Å². The van der Waals surface area contributed by atoms with Gasteiger partial charge in [0.05, 0.1) is 17.2 Å². The highest BCUT2D eigenvalue weighted by atomic mass is 16.6. The summed E-state index contributed by atoms with van der Waals surface area (Å²) in [5.74, 6) is 0.167. The van der Waals surface area contributed by atoms with E-state index in [2.05, 4.69) is 15.5 Å². The van der Waals surface area contributed by atoms with E-state index in [1.54, 1.807) is 29.0 Å². The molecule has 1 aromatic carbocycles. The molecule has 0 saturated carbocycles. The molecule has 1 N–H and O–H groups in total. The molecule has 0 spiro atoms. The third-order valence-electron chi connectivity index (χ3n) is 4.23. The Morgan fingerprint density at radius 2 is 1.90 bits per heavy atom. The number of aryl methyl sites for hydroxylation is 2. The van der Waals surface area contributed by atoms with Gasteiger partial charge in [-0.05, 0) is 49.8 Å². The molecule has 0 fully saturated rings. The summed E-state index contributed by atoms with van der Waals surface area (Å²) < 4.78 is 2.92. The zero-order valence-electron chi connectivity index (χ0n) is 16.5. The van der Waals surface area contributed by atoms with E-state index in [-0.39, 0.29) is 30.2 Å². The van der Waals surface area contributed by atoms with Crippen LogP contribution in [0.1, 0.15) is 17.0 Å². The largest absolute Gasteiger partial charge is 0.351 e. The first-order valence-corrected chi connectivity index (χ1v) is 9.15. The highest BCUT2D eigenvalue weighted by Gasteiger charge is 2.08. The maximum absolute atomic E-state index is 12.1. The second kappa shape index (κ2) is 8.95. The number of hydrogen-bond acceptors (Lipinski definition) is 6. The lowest BCUT2D eigenvalue weighted by Gasteiger charge is -2.08. The summed E-state index contributed by atoms with van der Waals surface area (Å²) in [5.41, 5.74) is 2.11. The van der Waals surface area contributed by atoms with Crippen LogP contribution in [0.2, 0.25) is 0 Å². The Bertz CT molecular complexity index is 1160. The Labute approximate surface area is 171 Å². The molecular weight excluding hydrogens is 388 g/mol. The minimum atomic E-state index is -0.486. The lowest BCUT2D eigenvalue weighted by Crippen LogP contribution is -2.31. The molecule has 0 bridgehead atoms. The number of benzene rings is 1. The van der Waals surface area contributed by atoms with Crippen molar-refractivity contribution in [1.29, 1.82) is 0 Å². The minimum Gasteiger partial charge on any atom is -0.351 e. The number of carbonyl (C=O) groups is 1. The van der Waals surface area contributed by atoms with Crippen molar-refractivity contribution < 1.29 is 9.72 Å². The van der Waals surface area contributed by atoms with Gasteiger partial charge in [0.25, 0.3) is 11.2 Å². The van der Waals surface area contributed by atoms with Crippen molar-refractivity contribution in [3.05, 3.63) is 86.0 Å². The molecule has 0 atom stereocenters. The maximum Gasteiger partial charge on any atom is 0.269 e. The van der Waals surface area contributed by atoms with E-state index >= 15 is 0 Å². The molecule has 0 aliphatic heterocycles. The van der Waals surface area contributed by atoms with Gasteiger partial charge in [-0.15, -0.1) is 5.10 Å². The second-order valence-electron chi connectivity index (χ2n) is 6.56. The van der Waals surface area contributed by atoms with Gasteiger partial charge in [-0.25, -0.2) is 9.36 Å². The molecule has 1 amide bonds. The molecule has 0 aliphatic rings. The summed E-state index contributed by atoms with van der Waals surface area (Å²) in [6, 6.07) is 10.8. The van der Waals surface area contributed by atoms with Crippen molar-refractivity contribution in [3.63, 3.8) is 0 Å². The first-order valence-electron chi connectivity index (χ1n) is 9.15. The predicted molar refractivity (Wildman–Crippen MR) is 110 cm³/mol. The first-order chi connectivity index (χ1) is 14.3. The van der Waals surface area contributed by atoms with Gasteiger partial charge in [0, 0.05) is 36.5 Å². The molecule has 0 saturated heterocycles. The fourth-order valence-electron chi connectivity index (χ4n) is 2.80. The van der Waals surface area contributed by atoms with Crippen LogP contribution in [0.5, 0.6) is 0 Å². The van der Waals surface area contributed by atoms with E-state index in [0.29, 0.717) is 11.4 Å². The van der Waals surface area contributed by atoms with E-state index in [1.165, 1.54) is 29.0 Å². The number of amides is 1. The van der Waals surface area contributed by atoms with Crippen LogP contribution < -0.4 is 10.9 Å². The number of hydrogen-bond donors (Lipinski definition) is 1. The van der Waals surface area contributed by atoms with Gasteiger partial charge < -0.3 is 5.32 Å². The Hall–Kier alpha value is -4.08. The van der Waals surface area contributed by atoms with Gasteiger partial charge in [-0.2, -0.15) is 5.10 Å². The van der Waals surface area contributed by atoms with Crippen LogP contribution in [-0.4, -0.2) is 36.9 Å². The number of nitro groups is 1. The molecule has 3 aromatic rings. The standard InChI is InChI=1S/C20H20N6O4/c1-14-13-15(2)25(22-14)18-8-10-20(28)24(23-18)12-11-21-19(27)9-5-16-3-6-17(7-4-16)26(29)30/h3-10,13H,11-12H2,1-2H3,(H,21,27)/b9-5+. The molecular formula is C20H20N6O4. The van der Waals surface area contributed by atoms with Crippen molar-refractivity contribution in [1.82, 2.24) is 24.9 Å². The van der Waals surface area contributed by atoms with E-state index in [1.807, 2.05) is 19.9 Å². The number of nitro benzene ring substituents is 1. The molecule has 2 heterocycles. The van der Waals surface area contributed by atoms with Crippen LogP contribution in [0.3, 0.4) is 0 Å². The highest BCUT2D eigenvalue weighted by Crippen LogP contribution is 2.12. The van der Waals surface area contributed by atoms with Crippen molar-refractivity contribution in [2.45, 2.75) is 20.4 Å². The zero-order chi connectivity index (χ0) is 21.7. The minimum absolute atomic E-state index is 0.0164. The first kappa shape index (κ1) is 20.6. The summed E-state index contributed by atoms with van der Waals surface area (Å²) in [4.78, 5) is 34.2. The summed E-state index contributed by atoms with van der Waals surface area (Å²) >= 11 is 0. The average Bonchev–Trinajstić information content (AvgIpc) is 3.06. The molecule has 0 aliphatic carbocycles. The molecule has 0 radical (unpaired) electrons. The van der Waals surface area contributed by atoms with Gasteiger partial charge in [0.1, 0.15) is 0 Å². The molecule has 0 unspecified atom stereocenters. The summed E-state index contributed by atoms with van der Waals surface area (Å²) in [5, 5.41) is 22.0. The van der Waals surface area contributed by atoms with Crippen molar-refractivity contribution in [2.24, 2.45) is 0 Å². The average molecular weight is 408 g/mol. The normalized spacial score (nSPS) is 11.0. The van der Waals surface area contributed by atoms with E-state index in [0.717, 1.165) is 11.4 Å². The third kappa shape index (κ3) is 5.04. The fourth-order valence-corrected chi connectivity index (χ4v) is 2.80. The number of non-ortho nitro benzene ring substituents is 1. The number of nitrogens with zero attached hydrogens (tertiary/aromatic N) is 5. The Kier molecular flexibility index (Phi) is 6.16. The molecule has 10 heteroatoms. The summed E-state index contributed by atoms with van der Waals surface area (Å²) in [7, 11) is 0. The van der Waals surface area contributed by atoms with Crippen LogP contribution in [0.15, 0.2) is 53.3 Å². The Morgan fingerprint density at radius 1 is 1.17 bits per heavy atom. The second-order valence-corrected chi connectivity index (χ2v) is 6.56. The highest BCUT2D eigenvalue weighted by molar-refractivity contribution is 5.91. The van der Waals surface area contributed by atoms with Gasteiger partial charge >= 0.3 is 0 Å². The molecule has 154 valence electrons. The maximum atomic E-state index is 12.1. The number of rotatable bonds is 7. The number of nitrogens with one attached hydrogen (secondary N) is 1. The summed E-state index contributed by atoms with van der Waals surface area (Å²) in [6.45, 7) is 4.17. The Morgan fingerprint density at radius 3 is 2.53 bits per heavy atom. The fraction of sp³-hybridized carbons (Fsp3) is 0.200. The van der Waals surface area contributed by atoms with Crippen LogP contribution >= 0.6 is 0 Å². The van der Waals surface area contributed by atoms with E-state index in [9.17, 15) is 19.7 Å². The van der Waals surface area contributed by atoms with Crippen molar-refractivity contribution >= 4 is 17.7 Å². The van der Waals surface area contributed by atoms with E-state index in [4.69, 9.17) is 0 Å². The van der Waals surface area contributed by atoms with Crippen molar-refractivity contribution in [3.8, 4) is 5.82 Å². The number of carbonyl (C=O) groups excluding carboxylic acids is 1. The molecule has 3 rings (SSSR count). The molecule has 2 aromatic heterocycles. The molecule has 30 heavy (non-hydrogen) atoms. The Balaban J connectivity index is 1.58. The lowest BCUT2D eigenvalue weighted by atomic mass is 10.2. The predicted octanol–water partition coefficient (Wildman–Crippen LogP) is 1.78. The quantitative estimate of drug-likeness (QED) is 0.361. The number of aromatic nitrogens is 4. The van der Waals surface area contributed by atoms with Crippen LogP contribution in [0.25, 0.3) is 11.9 Å². The summed E-state index contributed by atoms with van der Waals surface area (Å²) in [6.07, 6.45) is 2.87. The van der Waals surface area contributed by atoms with Crippen LogP contribution in [0, 0.1) is 24.0 Å². The topological polar surface area (TPSA) is 125 Å².